The Morgan fingerprint density at radius 1 is 1.16 bits per heavy atom. The molecule has 1 aromatic rings. The lowest BCUT2D eigenvalue weighted by Gasteiger charge is -2.17. The van der Waals surface area contributed by atoms with Gasteiger partial charge in [0.1, 0.15) is 0 Å². The molecule has 1 aliphatic rings. The number of carbonyl (C=O) groups is 1. The van der Waals surface area contributed by atoms with Gasteiger partial charge in [0.2, 0.25) is 5.91 Å². The number of aryl methyl sites for hydroxylation is 2. The maximum absolute atomic E-state index is 12.2. The van der Waals surface area contributed by atoms with Crippen molar-refractivity contribution in [1.82, 2.24) is 4.90 Å². The molecule has 104 valence electrons. The summed E-state index contributed by atoms with van der Waals surface area (Å²) in [5, 5.41) is 3.13. The van der Waals surface area contributed by atoms with Crippen molar-refractivity contribution in [3.63, 3.8) is 0 Å². The topological polar surface area (TPSA) is 32.3 Å². The molecule has 1 saturated heterocycles. The van der Waals surface area contributed by atoms with E-state index in [0.29, 0.717) is 6.54 Å². The van der Waals surface area contributed by atoms with Crippen molar-refractivity contribution in [2.75, 3.05) is 25.0 Å². The van der Waals surface area contributed by atoms with Crippen molar-refractivity contribution < 1.29 is 4.79 Å². The lowest BCUT2D eigenvalue weighted by atomic mass is 10.0. The summed E-state index contributed by atoms with van der Waals surface area (Å²) in [7, 11) is 0. The molecule has 0 saturated carbocycles. The monoisotopic (exact) mass is 260 g/mol. The number of hydrogen-bond acceptors (Lipinski definition) is 2. The van der Waals surface area contributed by atoms with Gasteiger partial charge >= 0.3 is 0 Å². The number of amides is 1. The van der Waals surface area contributed by atoms with Crippen LogP contribution < -0.4 is 5.32 Å². The summed E-state index contributed by atoms with van der Waals surface area (Å²) in [6.45, 7) is 6.91. The van der Waals surface area contributed by atoms with Crippen molar-refractivity contribution >= 4 is 11.6 Å². The summed E-state index contributed by atoms with van der Waals surface area (Å²) in [4.78, 5) is 14.4. The highest BCUT2D eigenvalue weighted by Gasteiger charge is 2.16. The van der Waals surface area contributed by atoms with Crippen LogP contribution in [0.3, 0.4) is 0 Å². The largest absolute Gasteiger partial charge is 0.324 e. The Labute approximate surface area is 116 Å². The Morgan fingerprint density at radius 3 is 2.26 bits per heavy atom. The normalized spacial score (nSPS) is 15.7. The van der Waals surface area contributed by atoms with Gasteiger partial charge in [-0.15, -0.1) is 0 Å². The predicted octanol–water partition coefficient (Wildman–Crippen LogP) is 2.85. The summed E-state index contributed by atoms with van der Waals surface area (Å²) < 4.78 is 0. The van der Waals surface area contributed by atoms with Crippen molar-refractivity contribution in [1.29, 1.82) is 0 Å². The first-order valence-electron chi connectivity index (χ1n) is 7.37. The maximum Gasteiger partial charge on any atom is 0.238 e. The molecular weight excluding hydrogens is 236 g/mol. The number of rotatable bonds is 5. The summed E-state index contributed by atoms with van der Waals surface area (Å²) in [6, 6.07) is 6.28. The van der Waals surface area contributed by atoms with Crippen molar-refractivity contribution in [2.45, 2.75) is 39.5 Å². The minimum atomic E-state index is 0.123. The molecule has 0 aromatic heterocycles. The molecule has 1 amide bonds. The fourth-order valence-corrected chi connectivity index (χ4v) is 2.73. The summed E-state index contributed by atoms with van der Waals surface area (Å²) >= 11 is 0. The van der Waals surface area contributed by atoms with Gasteiger partial charge in [0.15, 0.2) is 0 Å². The van der Waals surface area contributed by atoms with Crippen LogP contribution >= 0.6 is 0 Å². The van der Waals surface area contributed by atoms with Crippen molar-refractivity contribution in [2.24, 2.45) is 0 Å². The Bertz CT molecular complexity index is 414. The number of likely N-dealkylation sites (tertiary alicyclic amines) is 1. The van der Waals surface area contributed by atoms with Crippen LogP contribution in [0.1, 0.15) is 37.8 Å². The van der Waals surface area contributed by atoms with E-state index in [1.165, 1.54) is 24.0 Å². The third-order valence-corrected chi connectivity index (χ3v) is 3.83. The molecule has 2 rings (SSSR count). The lowest BCUT2D eigenvalue weighted by Crippen LogP contribution is -2.31. The van der Waals surface area contributed by atoms with Crippen LogP contribution in [0, 0.1) is 0 Å². The van der Waals surface area contributed by atoms with Crippen LogP contribution in [0.15, 0.2) is 18.2 Å². The highest BCUT2D eigenvalue weighted by molar-refractivity contribution is 5.93. The van der Waals surface area contributed by atoms with E-state index in [0.717, 1.165) is 31.6 Å². The van der Waals surface area contributed by atoms with E-state index < -0.39 is 0 Å². The standard InChI is InChI=1S/C16H24N2O/c1-3-13-8-7-9-14(4-2)16(13)17-15(19)12-18-10-5-6-11-18/h7-9H,3-6,10-12H2,1-2H3,(H,17,19). The maximum atomic E-state index is 12.2. The van der Waals surface area contributed by atoms with Gasteiger partial charge in [-0.2, -0.15) is 0 Å². The Hall–Kier alpha value is -1.35. The number of para-hydroxylation sites is 1. The number of nitrogens with one attached hydrogen (secondary N) is 1. The lowest BCUT2D eigenvalue weighted by molar-refractivity contribution is -0.117. The fraction of sp³-hybridized carbons (Fsp3) is 0.562. The molecule has 1 aromatic carbocycles. The molecule has 0 atom stereocenters. The van der Waals surface area contributed by atoms with E-state index in [4.69, 9.17) is 0 Å². The van der Waals surface area contributed by atoms with Gasteiger partial charge in [-0.1, -0.05) is 32.0 Å². The van der Waals surface area contributed by atoms with Gasteiger partial charge in [0.25, 0.3) is 0 Å². The molecule has 0 aliphatic carbocycles. The van der Waals surface area contributed by atoms with Crippen molar-refractivity contribution in [3.05, 3.63) is 29.3 Å². The average molecular weight is 260 g/mol. The zero-order valence-electron chi connectivity index (χ0n) is 12.0. The van der Waals surface area contributed by atoms with Crippen LogP contribution in [0.2, 0.25) is 0 Å². The molecule has 0 radical (unpaired) electrons. The Morgan fingerprint density at radius 2 is 1.74 bits per heavy atom. The smallest absolute Gasteiger partial charge is 0.238 e. The predicted molar refractivity (Wildman–Crippen MR) is 79.5 cm³/mol. The molecule has 0 unspecified atom stereocenters. The first kappa shape index (κ1) is 14.1. The Balaban J connectivity index is 2.06. The zero-order chi connectivity index (χ0) is 13.7. The SMILES string of the molecule is CCc1cccc(CC)c1NC(=O)CN1CCCC1. The molecule has 1 fully saturated rings. The van der Waals surface area contributed by atoms with E-state index in [9.17, 15) is 4.79 Å². The first-order chi connectivity index (χ1) is 9.24. The summed E-state index contributed by atoms with van der Waals surface area (Å²) in [5.74, 6) is 0.123. The molecule has 1 aliphatic heterocycles. The van der Waals surface area contributed by atoms with E-state index in [1.54, 1.807) is 0 Å². The third-order valence-electron chi connectivity index (χ3n) is 3.83. The highest BCUT2D eigenvalue weighted by atomic mass is 16.2. The first-order valence-corrected chi connectivity index (χ1v) is 7.37. The van der Waals surface area contributed by atoms with Gasteiger partial charge in [0, 0.05) is 5.69 Å². The molecule has 1 heterocycles. The number of carbonyl (C=O) groups excluding carboxylic acids is 1. The van der Waals surface area contributed by atoms with Crippen LogP contribution in [0.5, 0.6) is 0 Å². The van der Waals surface area contributed by atoms with Crippen molar-refractivity contribution in [3.8, 4) is 0 Å². The van der Waals surface area contributed by atoms with Gasteiger partial charge in [-0.05, 0) is 49.9 Å². The van der Waals surface area contributed by atoms with Gasteiger partial charge in [0.05, 0.1) is 6.54 Å². The van der Waals surface area contributed by atoms with Gasteiger partial charge in [-0.25, -0.2) is 0 Å². The third kappa shape index (κ3) is 3.57. The molecule has 1 N–H and O–H groups in total. The number of hydrogen-bond donors (Lipinski definition) is 1. The van der Waals surface area contributed by atoms with Gasteiger partial charge < -0.3 is 5.32 Å². The molecule has 0 bridgehead atoms. The molecule has 19 heavy (non-hydrogen) atoms. The van der Waals surface area contributed by atoms with E-state index in [2.05, 4.69) is 42.3 Å². The average Bonchev–Trinajstić information content (AvgIpc) is 2.91. The van der Waals surface area contributed by atoms with E-state index in [1.807, 2.05) is 0 Å². The fourth-order valence-electron chi connectivity index (χ4n) is 2.73. The zero-order valence-corrected chi connectivity index (χ0v) is 12.0. The van der Waals surface area contributed by atoms with Crippen LogP contribution in [-0.4, -0.2) is 30.4 Å². The van der Waals surface area contributed by atoms with E-state index in [-0.39, 0.29) is 5.91 Å². The molecule has 3 nitrogen and oxygen atoms in total. The minimum absolute atomic E-state index is 0.123. The number of nitrogens with zero attached hydrogens (tertiary/aromatic N) is 1. The van der Waals surface area contributed by atoms with Crippen LogP contribution in [0.25, 0.3) is 0 Å². The number of anilines is 1. The van der Waals surface area contributed by atoms with Crippen LogP contribution in [-0.2, 0) is 17.6 Å². The molecular formula is C16H24N2O. The minimum Gasteiger partial charge on any atom is -0.324 e. The number of benzene rings is 1. The summed E-state index contributed by atoms with van der Waals surface area (Å²) in [6.07, 6.45) is 4.35. The highest BCUT2D eigenvalue weighted by Crippen LogP contribution is 2.22. The second kappa shape index (κ2) is 6.71. The van der Waals surface area contributed by atoms with Gasteiger partial charge in [-0.3, -0.25) is 9.69 Å². The molecule has 3 heteroatoms. The summed E-state index contributed by atoms with van der Waals surface area (Å²) in [5.41, 5.74) is 3.50. The van der Waals surface area contributed by atoms with Crippen LogP contribution in [0.4, 0.5) is 5.69 Å². The molecule has 0 spiro atoms. The quantitative estimate of drug-likeness (QED) is 0.883. The second-order valence-electron chi connectivity index (χ2n) is 5.19. The Kier molecular flexibility index (Phi) is 4.97. The second-order valence-corrected chi connectivity index (χ2v) is 5.19. The van der Waals surface area contributed by atoms with E-state index >= 15 is 0 Å².